The highest BCUT2D eigenvalue weighted by Crippen LogP contribution is 2.25. The van der Waals surface area contributed by atoms with Crippen molar-refractivity contribution in [3.05, 3.63) is 34.8 Å². The monoisotopic (exact) mass is 305 g/mol. The van der Waals surface area contributed by atoms with Gasteiger partial charge < -0.3 is 10.5 Å². The van der Waals surface area contributed by atoms with Gasteiger partial charge in [-0.2, -0.15) is 0 Å². The summed E-state index contributed by atoms with van der Waals surface area (Å²) >= 11 is 1.42. The fourth-order valence-corrected chi connectivity index (χ4v) is 2.62. The van der Waals surface area contributed by atoms with Gasteiger partial charge in [-0.15, -0.1) is 11.3 Å². The topological polar surface area (TPSA) is 77.2 Å². The van der Waals surface area contributed by atoms with E-state index >= 15 is 0 Å². The normalized spacial score (nSPS) is 10.7. The number of carbonyl (C=O) groups excluding carboxylic acids is 1. The first-order valence-electron chi connectivity index (χ1n) is 6.80. The van der Waals surface area contributed by atoms with Gasteiger partial charge in [0.15, 0.2) is 5.13 Å². The van der Waals surface area contributed by atoms with E-state index in [9.17, 15) is 4.79 Å². The molecule has 0 bridgehead atoms. The van der Waals surface area contributed by atoms with Crippen molar-refractivity contribution in [3.8, 4) is 5.75 Å². The van der Waals surface area contributed by atoms with E-state index in [0.29, 0.717) is 34.7 Å². The molecule has 3 N–H and O–H groups in total. The van der Waals surface area contributed by atoms with Gasteiger partial charge in [0, 0.05) is 10.9 Å². The Morgan fingerprint density at radius 2 is 2.24 bits per heavy atom. The lowest BCUT2D eigenvalue weighted by Gasteiger charge is -2.08. The third-order valence-corrected chi connectivity index (χ3v) is 3.68. The lowest BCUT2D eigenvalue weighted by atomic mass is 10.1. The Balaban J connectivity index is 2.10. The number of nitrogen functional groups attached to an aromatic ring is 1. The van der Waals surface area contributed by atoms with Gasteiger partial charge in [0.05, 0.1) is 18.0 Å². The van der Waals surface area contributed by atoms with Gasteiger partial charge >= 0.3 is 0 Å². The molecule has 1 amide bonds. The third kappa shape index (κ3) is 3.72. The van der Waals surface area contributed by atoms with Gasteiger partial charge in [-0.3, -0.25) is 10.1 Å². The van der Waals surface area contributed by atoms with E-state index in [1.54, 1.807) is 18.2 Å². The highest BCUT2D eigenvalue weighted by atomic mass is 32.1. The summed E-state index contributed by atoms with van der Waals surface area (Å²) < 4.78 is 5.35. The largest absolute Gasteiger partial charge is 0.492 e. The molecule has 21 heavy (non-hydrogen) atoms. The summed E-state index contributed by atoms with van der Waals surface area (Å²) in [6, 6.07) is 5.00. The average Bonchev–Trinajstić information content (AvgIpc) is 2.90. The van der Waals surface area contributed by atoms with Crippen molar-refractivity contribution in [1.82, 2.24) is 4.98 Å². The molecule has 0 fully saturated rings. The van der Waals surface area contributed by atoms with E-state index in [2.05, 4.69) is 24.1 Å². The van der Waals surface area contributed by atoms with Crippen LogP contribution in [0.25, 0.3) is 0 Å². The van der Waals surface area contributed by atoms with Gasteiger partial charge in [-0.05, 0) is 31.0 Å². The van der Waals surface area contributed by atoms with E-state index < -0.39 is 0 Å². The highest BCUT2D eigenvalue weighted by Gasteiger charge is 2.12. The lowest BCUT2D eigenvalue weighted by Crippen LogP contribution is -2.12. The standard InChI is InChI=1S/C15H19N3O2S/c1-4-20-13-6-5-10(7-11(13)16)14(19)18-15-17-12(8-21-15)9(2)3/h5-9H,4,16H2,1-3H3,(H,17,18,19). The van der Waals surface area contributed by atoms with E-state index in [1.807, 2.05) is 12.3 Å². The van der Waals surface area contributed by atoms with E-state index in [1.165, 1.54) is 11.3 Å². The van der Waals surface area contributed by atoms with Crippen LogP contribution in [-0.4, -0.2) is 17.5 Å². The predicted molar refractivity (Wildman–Crippen MR) is 86.2 cm³/mol. The van der Waals surface area contributed by atoms with Gasteiger partial charge in [0.25, 0.3) is 5.91 Å². The Labute approximate surface area is 128 Å². The van der Waals surface area contributed by atoms with Crippen LogP contribution in [0.2, 0.25) is 0 Å². The Bertz CT molecular complexity index is 638. The maximum Gasteiger partial charge on any atom is 0.257 e. The molecule has 1 heterocycles. The molecule has 6 heteroatoms. The zero-order valence-corrected chi connectivity index (χ0v) is 13.2. The van der Waals surface area contributed by atoms with E-state index in [0.717, 1.165) is 5.69 Å². The van der Waals surface area contributed by atoms with Crippen molar-refractivity contribution in [2.45, 2.75) is 26.7 Å². The average molecular weight is 305 g/mol. The number of nitrogens with two attached hydrogens (primary N) is 1. The number of carbonyl (C=O) groups is 1. The molecule has 2 rings (SSSR count). The van der Waals surface area contributed by atoms with Gasteiger partial charge in [0.2, 0.25) is 0 Å². The second-order valence-corrected chi connectivity index (χ2v) is 5.73. The third-order valence-electron chi connectivity index (χ3n) is 2.91. The molecule has 0 unspecified atom stereocenters. The van der Waals surface area contributed by atoms with E-state index in [-0.39, 0.29) is 5.91 Å². The summed E-state index contributed by atoms with van der Waals surface area (Å²) in [5.74, 6) is 0.702. The van der Waals surface area contributed by atoms with Crippen molar-refractivity contribution < 1.29 is 9.53 Å². The summed E-state index contributed by atoms with van der Waals surface area (Å²) in [7, 11) is 0. The maximum absolute atomic E-state index is 12.2. The minimum Gasteiger partial charge on any atom is -0.492 e. The van der Waals surface area contributed by atoms with Crippen molar-refractivity contribution in [3.63, 3.8) is 0 Å². The smallest absolute Gasteiger partial charge is 0.257 e. The number of hydrogen-bond donors (Lipinski definition) is 2. The van der Waals surface area contributed by atoms with Crippen molar-refractivity contribution in [2.24, 2.45) is 0 Å². The number of nitrogens with one attached hydrogen (secondary N) is 1. The van der Waals surface area contributed by atoms with Crippen LogP contribution in [0.15, 0.2) is 23.6 Å². The van der Waals surface area contributed by atoms with Crippen LogP contribution in [0, 0.1) is 0 Å². The van der Waals surface area contributed by atoms with Crippen LogP contribution < -0.4 is 15.8 Å². The van der Waals surface area contributed by atoms with Crippen LogP contribution >= 0.6 is 11.3 Å². The number of thiazole rings is 1. The fraction of sp³-hybridized carbons (Fsp3) is 0.333. The van der Waals surface area contributed by atoms with Crippen LogP contribution in [-0.2, 0) is 0 Å². The molecule has 0 aliphatic carbocycles. The lowest BCUT2D eigenvalue weighted by molar-refractivity contribution is 0.102. The van der Waals surface area contributed by atoms with Crippen molar-refractivity contribution >= 4 is 28.1 Å². The zero-order valence-electron chi connectivity index (χ0n) is 12.3. The maximum atomic E-state index is 12.2. The molecule has 112 valence electrons. The number of ether oxygens (including phenoxy) is 1. The van der Waals surface area contributed by atoms with Crippen molar-refractivity contribution in [1.29, 1.82) is 0 Å². The second-order valence-electron chi connectivity index (χ2n) is 4.87. The number of amides is 1. The second kappa shape index (κ2) is 6.58. The zero-order chi connectivity index (χ0) is 15.4. The molecule has 5 nitrogen and oxygen atoms in total. The summed E-state index contributed by atoms with van der Waals surface area (Å²) in [6.45, 7) is 6.54. The minimum atomic E-state index is -0.227. The highest BCUT2D eigenvalue weighted by molar-refractivity contribution is 7.14. The Morgan fingerprint density at radius 3 is 2.81 bits per heavy atom. The van der Waals surface area contributed by atoms with Crippen LogP contribution in [0.4, 0.5) is 10.8 Å². The summed E-state index contributed by atoms with van der Waals surface area (Å²) in [5, 5.41) is 5.33. The first-order valence-corrected chi connectivity index (χ1v) is 7.68. The van der Waals surface area contributed by atoms with Gasteiger partial charge in [-0.25, -0.2) is 4.98 Å². The SMILES string of the molecule is CCOc1ccc(C(=O)Nc2nc(C(C)C)cs2)cc1N. The molecule has 0 aliphatic rings. The molecule has 1 aromatic carbocycles. The molecule has 0 radical (unpaired) electrons. The summed E-state index contributed by atoms with van der Waals surface area (Å²) in [5.41, 5.74) is 7.77. The fourth-order valence-electron chi connectivity index (χ4n) is 1.75. The molecule has 0 saturated carbocycles. The predicted octanol–water partition coefficient (Wildman–Crippen LogP) is 3.50. The molecule has 0 saturated heterocycles. The van der Waals surface area contributed by atoms with Crippen LogP contribution in [0.3, 0.4) is 0 Å². The van der Waals surface area contributed by atoms with Crippen molar-refractivity contribution in [2.75, 3.05) is 17.7 Å². The number of anilines is 2. The summed E-state index contributed by atoms with van der Waals surface area (Å²) in [6.07, 6.45) is 0. The molecular weight excluding hydrogens is 286 g/mol. The molecule has 1 aromatic heterocycles. The molecule has 2 aromatic rings. The molecular formula is C15H19N3O2S. The minimum absolute atomic E-state index is 0.227. The Hall–Kier alpha value is -2.08. The van der Waals surface area contributed by atoms with Gasteiger partial charge in [0.1, 0.15) is 5.75 Å². The quantitative estimate of drug-likeness (QED) is 0.829. The van der Waals surface area contributed by atoms with E-state index in [4.69, 9.17) is 10.5 Å². The van der Waals surface area contributed by atoms with Crippen LogP contribution in [0.1, 0.15) is 42.7 Å². The number of rotatable bonds is 5. The first-order chi connectivity index (χ1) is 10.0. The summed E-state index contributed by atoms with van der Waals surface area (Å²) in [4.78, 5) is 16.5. The number of hydrogen-bond acceptors (Lipinski definition) is 5. The molecule has 0 spiro atoms. The molecule has 0 atom stereocenters. The number of benzene rings is 1. The first kappa shape index (κ1) is 15.3. The Kier molecular flexibility index (Phi) is 4.80. The van der Waals surface area contributed by atoms with Crippen LogP contribution in [0.5, 0.6) is 5.75 Å². The number of nitrogens with zero attached hydrogens (tertiary/aromatic N) is 1. The Morgan fingerprint density at radius 1 is 1.48 bits per heavy atom. The number of aromatic nitrogens is 1. The molecule has 0 aliphatic heterocycles. The van der Waals surface area contributed by atoms with Gasteiger partial charge in [-0.1, -0.05) is 13.8 Å².